The van der Waals surface area contributed by atoms with Gasteiger partial charge in [0.1, 0.15) is 6.29 Å². The van der Waals surface area contributed by atoms with Crippen LogP contribution in [-0.2, 0) is 20.1 Å². The van der Waals surface area contributed by atoms with E-state index in [1.54, 1.807) is 0 Å². The second-order valence-electron chi connectivity index (χ2n) is 3.44. The Kier molecular flexibility index (Phi) is 3.96. The first kappa shape index (κ1) is 11.8. The zero-order valence-corrected chi connectivity index (χ0v) is 8.81. The molecule has 1 saturated heterocycles. The van der Waals surface area contributed by atoms with Crippen LogP contribution in [0.3, 0.4) is 0 Å². The summed E-state index contributed by atoms with van der Waals surface area (Å²) in [4.78, 5) is 21.6. The van der Waals surface area contributed by atoms with Crippen molar-refractivity contribution in [2.24, 2.45) is 5.92 Å². The van der Waals surface area contributed by atoms with E-state index in [0.29, 0.717) is 25.5 Å². The molecular formula is C8H12NO5S+. The van der Waals surface area contributed by atoms with Crippen LogP contribution < -0.4 is 0 Å². The van der Waals surface area contributed by atoms with E-state index in [1.165, 1.54) is 0 Å². The van der Waals surface area contributed by atoms with Gasteiger partial charge in [-0.2, -0.15) is 0 Å². The van der Waals surface area contributed by atoms with E-state index in [1.807, 2.05) is 0 Å². The molecule has 6 nitrogen and oxygen atoms in total. The van der Waals surface area contributed by atoms with Gasteiger partial charge in [-0.1, -0.05) is 0 Å². The topological polar surface area (TPSA) is 91.5 Å². The van der Waals surface area contributed by atoms with Crippen LogP contribution in [0.15, 0.2) is 0 Å². The van der Waals surface area contributed by atoms with Gasteiger partial charge in [-0.15, -0.1) is 12.4 Å². The van der Waals surface area contributed by atoms with E-state index in [2.05, 4.69) is 0 Å². The van der Waals surface area contributed by atoms with Crippen LogP contribution >= 0.6 is 0 Å². The third kappa shape index (κ3) is 2.62. The molecular weight excluding hydrogens is 222 g/mol. The lowest BCUT2D eigenvalue weighted by Gasteiger charge is -2.09. The molecule has 0 spiro atoms. The average Bonchev–Trinajstić information content (AvgIpc) is 2.38. The van der Waals surface area contributed by atoms with Crippen LogP contribution in [0, 0.1) is 5.92 Å². The number of rotatable bonds is 2. The number of carboxylic acids is 1. The van der Waals surface area contributed by atoms with Gasteiger partial charge >= 0.3 is 16.5 Å². The lowest BCUT2D eigenvalue weighted by atomic mass is 9.97. The van der Waals surface area contributed by atoms with Crippen molar-refractivity contribution < 1.29 is 27.1 Å². The first-order valence-corrected chi connectivity index (χ1v) is 5.65. The summed E-state index contributed by atoms with van der Waals surface area (Å²) >= 11 is 0. The van der Waals surface area contributed by atoms with Crippen LogP contribution in [0.2, 0.25) is 0 Å². The summed E-state index contributed by atoms with van der Waals surface area (Å²) in [7, 11) is -2.59. The fourth-order valence-electron chi connectivity index (χ4n) is 1.77. The molecule has 1 aliphatic rings. The molecule has 2 unspecified atom stereocenters. The number of hydrogen-bond donors (Lipinski definition) is 1. The quantitative estimate of drug-likeness (QED) is 0.514. The standard InChI is InChI=1S/C8H11NO5S/c10-5-6-3-1-2-4-9(15(13)14)7(6)8(11)12/h5-7H,1-4H2/p+1. The van der Waals surface area contributed by atoms with Gasteiger partial charge in [0.25, 0.3) is 6.04 Å². The van der Waals surface area contributed by atoms with Gasteiger partial charge in [0.15, 0.2) is 6.54 Å². The van der Waals surface area contributed by atoms with Gasteiger partial charge in [-0.25, -0.2) is 4.79 Å². The minimum absolute atomic E-state index is 0.164. The Morgan fingerprint density at radius 3 is 2.53 bits per heavy atom. The monoisotopic (exact) mass is 234 g/mol. The Balaban J connectivity index is 3.19. The summed E-state index contributed by atoms with van der Waals surface area (Å²) in [5.74, 6) is -2.01. The SMILES string of the molecule is O=CC1CCCC[N+](=S(=O)=O)C1C(=O)O. The number of carbonyl (C=O) groups is 2. The number of carbonyl (C=O) groups excluding carboxylic acids is 1. The molecule has 0 aromatic heterocycles. The Hall–Kier alpha value is -1.24. The van der Waals surface area contributed by atoms with Crippen molar-refractivity contribution in [2.75, 3.05) is 6.54 Å². The lowest BCUT2D eigenvalue weighted by Crippen LogP contribution is -2.40. The highest BCUT2D eigenvalue weighted by Gasteiger charge is 2.41. The highest BCUT2D eigenvalue weighted by Crippen LogP contribution is 2.18. The minimum Gasteiger partial charge on any atom is -0.476 e. The van der Waals surface area contributed by atoms with E-state index in [9.17, 15) is 18.0 Å². The molecule has 15 heavy (non-hydrogen) atoms. The maximum atomic E-state index is 10.9. The fourth-order valence-corrected chi connectivity index (χ4v) is 2.48. The minimum atomic E-state index is -2.59. The molecule has 1 fully saturated rings. The first-order chi connectivity index (χ1) is 7.07. The Labute approximate surface area is 88.2 Å². The van der Waals surface area contributed by atoms with Crippen molar-refractivity contribution in [1.29, 1.82) is 0 Å². The van der Waals surface area contributed by atoms with Crippen LogP contribution in [0.25, 0.3) is 0 Å². The van der Waals surface area contributed by atoms with E-state index in [4.69, 9.17) is 5.11 Å². The average molecular weight is 234 g/mol. The molecule has 0 aromatic carbocycles. The van der Waals surface area contributed by atoms with E-state index < -0.39 is 28.4 Å². The predicted molar refractivity (Wildman–Crippen MR) is 48.9 cm³/mol. The summed E-state index contributed by atoms with van der Waals surface area (Å²) in [6.07, 6.45) is 2.21. The van der Waals surface area contributed by atoms with Gasteiger partial charge in [-0.3, -0.25) is 0 Å². The predicted octanol–water partition coefficient (Wildman–Crippen LogP) is -0.486. The molecule has 2 atom stereocenters. The zero-order valence-electron chi connectivity index (χ0n) is 8.00. The molecule has 0 aliphatic carbocycles. The Morgan fingerprint density at radius 1 is 1.40 bits per heavy atom. The summed E-state index contributed by atoms with van der Waals surface area (Å²) in [5.41, 5.74) is 0. The summed E-state index contributed by atoms with van der Waals surface area (Å²) in [6.45, 7) is 0.164. The normalized spacial score (nSPS) is 26.8. The van der Waals surface area contributed by atoms with Crippen LogP contribution in [0.1, 0.15) is 19.3 Å². The van der Waals surface area contributed by atoms with Gasteiger partial charge in [0, 0.05) is 6.42 Å². The summed E-state index contributed by atoms with van der Waals surface area (Å²) < 4.78 is 22.5. The number of carboxylic acid groups (broad SMARTS) is 1. The molecule has 0 bridgehead atoms. The van der Waals surface area contributed by atoms with Crippen LogP contribution in [0.4, 0.5) is 0 Å². The lowest BCUT2D eigenvalue weighted by molar-refractivity contribution is -0.534. The molecule has 0 amide bonds. The molecule has 1 aliphatic heterocycles. The van der Waals surface area contributed by atoms with Crippen molar-refractivity contribution in [3.05, 3.63) is 0 Å². The molecule has 0 aromatic rings. The number of hydrogen-bond acceptors (Lipinski definition) is 4. The molecule has 0 saturated carbocycles. The van der Waals surface area contributed by atoms with Crippen molar-refractivity contribution >= 4 is 22.8 Å². The largest absolute Gasteiger partial charge is 0.476 e. The number of aliphatic carboxylic acids is 1. The second-order valence-corrected chi connectivity index (χ2v) is 4.34. The molecule has 1 N–H and O–H groups in total. The highest BCUT2D eigenvalue weighted by atomic mass is 32.2. The van der Waals surface area contributed by atoms with Crippen LogP contribution in [0.5, 0.6) is 0 Å². The smallest absolute Gasteiger partial charge is 0.459 e. The summed E-state index contributed by atoms with van der Waals surface area (Å²) in [6, 6.07) is -1.25. The maximum Gasteiger partial charge on any atom is 0.459 e. The second kappa shape index (κ2) is 5.01. The molecule has 1 heterocycles. The molecule has 0 radical (unpaired) electrons. The number of nitrogens with zero attached hydrogens (tertiary/aromatic N) is 1. The Morgan fingerprint density at radius 2 is 2.07 bits per heavy atom. The number of aldehydes is 1. The summed E-state index contributed by atoms with van der Waals surface area (Å²) in [5, 5.41) is 8.91. The van der Waals surface area contributed by atoms with Gasteiger partial charge in [0.05, 0.1) is 5.92 Å². The molecule has 7 heteroatoms. The van der Waals surface area contributed by atoms with Gasteiger partial charge in [0.2, 0.25) is 0 Å². The molecule has 1 rings (SSSR count). The van der Waals surface area contributed by atoms with E-state index >= 15 is 0 Å². The van der Waals surface area contributed by atoms with Crippen molar-refractivity contribution in [3.63, 3.8) is 0 Å². The molecule has 84 valence electrons. The van der Waals surface area contributed by atoms with Gasteiger partial charge in [-0.05, 0) is 12.8 Å². The highest BCUT2D eigenvalue weighted by molar-refractivity contribution is 7.58. The first-order valence-electron chi connectivity index (χ1n) is 4.62. The third-order valence-electron chi connectivity index (χ3n) is 2.50. The van der Waals surface area contributed by atoms with Gasteiger partial charge < -0.3 is 9.90 Å². The maximum absolute atomic E-state index is 10.9. The van der Waals surface area contributed by atoms with Crippen molar-refractivity contribution in [1.82, 2.24) is 0 Å². The van der Waals surface area contributed by atoms with Crippen LogP contribution in [-0.4, -0.2) is 42.3 Å². The van der Waals surface area contributed by atoms with E-state index in [-0.39, 0.29) is 6.54 Å². The van der Waals surface area contributed by atoms with Crippen molar-refractivity contribution in [2.45, 2.75) is 25.3 Å². The van der Waals surface area contributed by atoms with Crippen molar-refractivity contribution in [3.8, 4) is 0 Å². The third-order valence-corrected chi connectivity index (χ3v) is 3.29. The van der Waals surface area contributed by atoms with E-state index in [0.717, 1.165) is 3.95 Å². The Bertz CT molecular complexity index is 391. The zero-order chi connectivity index (χ0) is 11.4. The fraction of sp³-hybridized carbons (Fsp3) is 0.750.